The summed E-state index contributed by atoms with van der Waals surface area (Å²) in [5.41, 5.74) is 0.664. The zero-order valence-corrected chi connectivity index (χ0v) is 12.6. The van der Waals surface area contributed by atoms with Gasteiger partial charge in [0.2, 0.25) is 4.96 Å². The number of aromatic nitrogens is 3. The average Bonchev–Trinajstić information content (AvgIpc) is 2.80. The normalized spacial score (nSPS) is 13.0. The molecule has 0 saturated carbocycles. The summed E-state index contributed by atoms with van der Waals surface area (Å²) in [6.07, 6.45) is 1.57. The molecule has 1 unspecified atom stereocenters. The third-order valence-electron chi connectivity index (χ3n) is 2.69. The van der Waals surface area contributed by atoms with Gasteiger partial charge in [0.15, 0.2) is 0 Å². The molecule has 2 rings (SSSR count). The number of aliphatic hydroxyl groups is 1. The van der Waals surface area contributed by atoms with E-state index in [4.69, 9.17) is 5.11 Å². The Labute approximate surface area is 119 Å². The Hall–Kier alpha value is -0.920. The molecule has 2 aromatic heterocycles. The Morgan fingerprint density at radius 3 is 3.05 bits per heavy atom. The molecular formula is C12H17N3O2S2. The summed E-state index contributed by atoms with van der Waals surface area (Å²) in [4.78, 5) is 17.1. The summed E-state index contributed by atoms with van der Waals surface area (Å²) < 4.78 is 1.37. The van der Waals surface area contributed by atoms with Crippen molar-refractivity contribution >= 4 is 28.1 Å². The van der Waals surface area contributed by atoms with Gasteiger partial charge in [0.25, 0.3) is 5.56 Å². The lowest BCUT2D eigenvalue weighted by Gasteiger charge is -2.08. The van der Waals surface area contributed by atoms with Crippen LogP contribution in [0.3, 0.4) is 0 Å². The summed E-state index contributed by atoms with van der Waals surface area (Å²) in [7, 11) is 0. The van der Waals surface area contributed by atoms with Gasteiger partial charge < -0.3 is 5.11 Å². The summed E-state index contributed by atoms with van der Waals surface area (Å²) in [6, 6.07) is 1.55. The van der Waals surface area contributed by atoms with Crippen LogP contribution in [-0.4, -0.2) is 31.6 Å². The molecule has 0 aliphatic rings. The average molecular weight is 299 g/mol. The molecule has 0 spiro atoms. The molecular weight excluding hydrogens is 282 g/mol. The molecule has 0 aliphatic heterocycles. The highest BCUT2D eigenvalue weighted by Gasteiger charge is 2.09. The predicted octanol–water partition coefficient (Wildman–Crippen LogP) is 1.72. The number of thioether (sulfide) groups is 1. The number of hydrogen-bond acceptors (Lipinski definition) is 6. The van der Waals surface area contributed by atoms with E-state index in [1.54, 1.807) is 17.8 Å². The fourth-order valence-electron chi connectivity index (χ4n) is 1.61. The Kier molecular flexibility index (Phi) is 4.95. The van der Waals surface area contributed by atoms with Crippen molar-refractivity contribution in [1.29, 1.82) is 0 Å². The van der Waals surface area contributed by atoms with E-state index in [0.29, 0.717) is 16.0 Å². The molecule has 7 heteroatoms. The van der Waals surface area contributed by atoms with Gasteiger partial charge in [-0.25, -0.2) is 4.98 Å². The van der Waals surface area contributed by atoms with Gasteiger partial charge in [0, 0.05) is 23.7 Å². The number of aryl methyl sites for hydroxylation is 1. The van der Waals surface area contributed by atoms with E-state index in [0.717, 1.165) is 23.5 Å². The van der Waals surface area contributed by atoms with Crippen LogP contribution >= 0.6 is 23.1 Å². The second-order valence-corrected chi connectivity index (χ2v) is 6.73. The molecule has 5 nitrogen and oxygen atoms in total. The SMILES string of the molecule is CCc1nn2c(=O)cc(CSC(C)CCO)nc2s1. The van der Waals surface area contributed by atoms with Crippen LogP contribution in [-0.2, 0) is 12.2 Å². The lowest BCUT2D eigenvalue weighted by molar-refractivity contribution is 0.289. The standard InChI is InChI=1S/C12H17N3O2S2/c1-3-10-14-15-11(17)6-9(13-12(15)19-10)7-18-8(2)4-5-16/h6,8,16H,3-5,7H2,1-2H3. The van der Waals surface area contributed by atoms with E-state index >= 15 is 0 Å². The minimum absolute atomic E-state index is 0.119. The predicted molar refractivity (Wildman–Crippen MR) is 79.0 cm³/mol. The number of hydrogen-bond donors (Lipinski definition) is 1. The Bertz CT molecular complexity index is 609. The second kappa shape index (κ2) is 6.49. The minimum atomic E-state index is -0.119. The van der Waals surface area contributed by atoms with Gasteiger partial charge >= 0.3 is 0 Å². The first-order chi connectivity index (χ1) is 9.13. The minimum Gasteiger partial charge on any atom is -0.396 e. The molecule has 1 atom stereocenters. The first kappa shape index (κ1) is 14.5. The number of rotatable bonds is 6. The fraction of sp³-hybridized carbons (Fsp3) is 0.583. The van der Waals surface area contributed by atoms with Crippen molar-refractivity contribution < 1.29 is 5.11 Å². The second-order valence-electron chi connectivity index (χ2n) is 4.26. The molecule has 2 aromatic rings. The van der Waals surface area contributed by atoms with E-state index in [2.05, 4.69) is 17.0 Å². The first-order valence-electron chi connectivity index (χ1n) is 6.25. The van der Waals surface area contributed by atoms with E-state index in [9.17, 15) is 4.79 Å². The molecule has 0 fully saturated rings. The van der Waals surface area contributed by atoms with Crippen molar-refractivity contribution in [2.75, 3.05) is 6.61 Å². The van der Waals surface area contributed by atoms with E-state index in [1.807, 2.05) is 6.92 Å². The maximum atomic E-state index is 11.9. The molecule has 0 saturated heterocycles. The third kappa shape index (κ3) is 3.55. The highest BCUT2D eigenvalue weighted by atomic mass is 32.2. The molecule has 2 heterocycles. The summed E-state index contributed by atoms with van der Waals surface area (Å²) in [5, 5.41) is 14.4. The smallest absolute Gasteiger partial charge is 0.275 e. The van der Waals surface area contributed by atoms with Gasteiger partial charge in [-0.3, -0.25) is 4.79 Å². The molecule has 0 amide bonds. The van der Waals surface area contributed by atoms with Crippen LogP contribution in [0, 0.1) is 0 Å². The van der Waals surface area contributed by atoms with Crippen LogP contribution < -0.4 is 5.56 Å². The summed E-state index contributed by atoms with van der Waals surface area (Å²) in [6.45, 7) is 4.27. The van der Waals surface area contributed by atoms with Crippen LogP contribution in [0.15, 0.2) is 10.9 Å². The molecule has 104 valence electrons. The van der Waals surface area contributed by atoms with Crippen molar-refractivity contribution in [2.45, 2.75) is 37.7 Å². The molecule has 0 aromatic carbocycles. The van der Waals surface area contributed by atoms with E-state index in [1.165, 1.54) is 15.9 Å². The summed E-state index contributed by atoms with van der Waals surface area (Å²) in [5.74, 6) is 0.687. The maximum absolute atomic E-state index is 11.9. The van der Waals surface area contributed by atoms with Crippen LogP contribution in [0.5, 0.6) is 0 Å². The lowest BCUT2D eigenvalue weighted by atomic mass is 10.3. The van der Waals surface area contributed by atoms with Crippen LogP contribution in [0.1, 0.15) is 31.0 Å². The zero-order valence-electron chi connectivity index (χ0n) is 11.0. The highest BCUT2D eigenvalue weighted by molar-refractivity contribution is 7.99. The molecule has 0 bridgehead atoms. The van der Waals surface area contributed by atoms with Gasteiger partial charge in [-0.1, -0.05) is 25.2 Å². The van der Waals surface area contributed by atoms with E-state index < -0.39 is 0 Å². The van der Waals surface area contributed by atoms with Crippen LogP contribution in [0.25, 0.3) is 4.96 Å². The van der Waals surface area contributed by atoms with Gasteiger partial charge in [-0.05, 0) is 12.8 Å². The Morgan fingerprint density at radius 1 is 1.58 bits per heavy atom. The maximum Gasteiger partial charge on any atom is 0.275 e. The van der Waals surface area contributed by atoms with Crippen molar-refractivity contribution in [3.63, 3.8) is 0 Å². The van der Waals surface area contributed by atoms with Crippen molar-refractivity contribution in [3.05, 3.63) is 27.1 Å². The number of fused-ring (bicyclic) bond motifs is 1. The summed E-state index contributed by atoms with van der Waals surface area (Å²) >= 11 is 3.16. The molecule has 19 heavy (non-hydrogen) atoms. The van der Waals surface area contributed by atoms with Crippen LogP contribution in [0.4, 0.5) is 0 Å². The monoisotopic (exact) mass is 299 g/mol. The zero-order chi connectivity index (χ0) is 13.8. The number of nitrogens with zero attached hydrogens (tertiary/aromatic N) is 3. The number of aliphatic hydroxyl groups excluding tert-OH is 1. The molecule has 0 radical (unpaired) electrons. The largest absolute Gasteiger partial charge is 0.396 e. The Morgan fingerprint density at radius 2 is 2.37 bits per heavy atom. The van der Waals surface area contributed by atoms with Crippen molar-refractivity contribution in [2.24, 2.45) is 0 Å². The quantitative estimate of drug-likeness (QED) is 0.879. The van der Waals surface area contributed by atoms with E-state index in [-0.39, 0.29) is 12.2 Å². The van der Waals surface area contributed by atoms with Gasteiger partial charge in [-0.15, -0.1) is 0 Å². The Balaban J connectivity index is 2.18. The fourth-order valence-corrected chi connectivity index (χ4v) is 3.34. The first-order valence-corrected chi connectivity index (χ1v) is 8.11. The topological polar surface area (TPSA) is 67.5 Å². The van der Waals surface area contributed by atoms with Crippen LogP contribution in [0.2, 0.25) is 0 Å². The van der Waals surface area contributed by atoms with Crippen molar-refractivity contribution in [3.8, 4) is 0 Å². The van der Waals surface area contributed by atoms with Gasteiger partial charge in [0.1, 0.15) is 5.01 Å². The van der Waals surface area contributed by atoms with Gasteiger partial charge in [0.05, 0.1) is 5.69 Å². The lowest BCUT2D eigenvalue weighted by Crippen LogP contribution is -2.15. The molecule has 1 N–H and O–H groups in total. The van der Waals surface area contributed by atoms with Gasteiger partial charge in [-0.2, -0.15) is 21.4 Å². The molecule has 0 aliphatic carbocycles. The van der Waals surface area contributed by atoms with Crippen molar-refractivity contribution in [1.82, 2.24) is 14.6 Å². The third-order valence-corrected chi connectivity index (χ3v) is 5.01. The highest BCUT2D eigenvalue weighted by Crippen LogP contribution is 2.19.